The van der Waals surface area contributed by atoms with E-state index in [0.29, 0.717) is 5.92 Å². The Kier molecular flexibility index (Phi) is 5.05. The molecule has 2 aromatic rings. The van der Waals surface area contributed by atoms with Crippen LogP contribution in [0.25, 0.3) is 0 Å². The largest absolute Gasteiger partial charge is 0.333 e. The van der Waals surface area contributed by atoms with E-state index in [1.54, 1.807) is 0 Å². The van der Waals surface area contributed by atoms with Gasteiger partial charge in [-0.15, -0.1) is 0 Å². The highest BCUT2D eigenvalue weighted by Gasteiger charge is 2.14. The van der Waals surface area contributed by atoms with Crippen molar-refractivity contribution in [1.82, 2.24) is 9.55 Å². The van der Waals surface area contributed by atoms with Gasteiger partial charge < -0.3 is 10.3 Å². The second-order valence-corrected chi connectivity index (χ2v) is 5.83. The predicted octanol–water partition coefficient (Wildman–Crippen LogP) is 2.93. The number of rotatable bonds is 6. The lowest BCUT2D eigenvalue weighted by Crippen LogP contribution is -2.19. The zero-order chi connectivity index (χ0) is 13.7. The molecule has 1 heterocycles. The Morgan fingerprint density at radius 3 is 2.74 bits per heavy atom. The molecule has 0 aliphatic carbocycles. The number of imidazole rings is 1. The van der Waals surface area contributed by atoms with Crippen molar-refractivity contribution in [2.24, 2.45) is 11.7 Å². The van der Waals surface area contributed by atoms with Crippen molar-refractivity contribution in [1.29, 1.82) is 0 Å². The Balaban J connectivity index is 2.15. The van der Waals surface area contributed by atoms with Crippen LogP contribution in [0.5, 0.6) is 0 Å². The van der Waals surface area contributed by atoms with Gasteiger partial charge in [-0.05, 0) is 23.5 Å². The third-order valence-electron chi connectivity index (χ3n) is 3.18. The average Bonchev–Trinajstić information content (AvgIpc) is 2.87. The molecule has 0 amide bonds. The van der Waals surface area contributed by atoms with Crippen LogP contribution in [0.2, 0.25) is 0 Å². The second-order valence-electron chi connectivity index (χ2n) is 4.92. The second kappa shape index (κ2) is 6.78. The van der Waals surface area contributed by atoms with E-state index in [4.69, 9.17) is 5.73 Å². The minimum absolute atomic E-state index is 0.106. The van der Waals surface area contributed by atoms with Gasteiger partial charge in [0.2, 0.25) is 0 Å². The number of thioether (sulfide) groups is 1. The molecule has 3 nitrogen and oxygen atoms in total. The molecule has 0 saturated heterocycles. The summed E-state index contributed by atoms with van der Waals surface area (Å²) in [5.74, 6) is 1.77. The fourth-order valence-corrected chi connectivity index (χ4v) is 2.92. The lowest BCUT2D eigenvalue weighted by Gasteiger charge is -2.17. The van der Waals surface area contributed by atoms with Crippen molar-refractivity contribution < 1.29 is 0 Å². The molecule has 0 fully saturated rings. The van der Waals surface area contributed by atoms with Gasteiger partial charge in [0.25, 0.3) is 0 Å². The lowest BCUT2D eigenvalue weighted by molar-refractivity contribution is 0.510. The highest BCUT2D eigenvalue weighted by molar-refractivity contribution is 7.98. The monoisotopic (exact) mass is 275 g/mol. The summed E-state index contributed by atoms with van der Waals surface area (Å²) >= 11 is 1.88. The first-order valence-corrected chi connectivity index (χ1v) is 7.91. The van der Waals surface area contributed by atoms with E-state index in [1.165, 1.54) is 0 Å². The van der Waals surface area contributed by atoms with Crippen molar-refractivity contribution in [3.05, 3.63) is 54.1 Å². The van der Waals surface area contributed by atoms with Crippen LogP contribution in [-0.4, -0.2) is 21.6 Å². The van der Waals surface area contributed by atoms with Crippen molar-refractivity contribution in [2.45, 2.75) is 19.5 Å². The van der Waals surface area contributed by atoms with Crippen LogP contribution in [0.3, 0.4) is 0 Å². The minimum atomic E-state index is -0.106. The van der Waals surface area contributed by atoms with Crippen LogP contribution in [-0.2, 0) is 6.54 Å². The Morgan fingerprint density at radius 1 is 1.32 bits per heavy atom. The van der Waals surface area contributed by atoms with Gasteiger partial charge in [0, 0.05) is 6.54 Å². The maximum absolute atomic E-state index is 6.35. The van der Waals surface area contributed by atoms with Gasteiger partial charge in [-0.1, -0.05) is 37.3 Å². The first-order valence-electron chi connectivity index (χ1n) is 6.52. The van der Waals surface area contributed by atoms with E-state index in [9.17, 15) is 0 Å². The number of benzene rings is 1. The number of nitrogens with zero attached hydrogens (tertiary/aromatic N) is 2. The van der Waals surface area contributed by atoms with Crippen LogP contribution in [0.15, 0.2) is 42.9 Å². The maximum Gasteiger partial charge on any atom is 0.0948 e. The molecule has 0 aliphatic rings. The molecule has 19 heavy (non-hydrogen) atoms. The van der Waals surface area contributed by atoms with E-state index in [0.717, 1.165) is 23.6 Å². The zero-order valence-electron chi connectivity index (χ0n) is 11.5. The summed E-state index contributed by atoms with van der Waals surface area (Å²) in [5, 5.41) is 0. The predicted molar refractivity (Wildman–Crippen MR) is 82.2 cm³/mol. The molecule has 1 aromatic carbocycles. The van der Waals surface area contributed by atoms with Crippen LogP contribution < -0.4 is 5.73 Å². The average molecular weight is 275 g/mol. The van der Waals surface area contributed by atoms with Gasteiger partial charge >= 0.3 is 0 Å². The molecule has 4 heteroatoms. The van der Waals surface area contributed by atoms with Crippen LogP contribution in [0.4, 0.5) is 0 Å². The molecule has 2 unspecified atom stereocenters. The summed E-state index contributed by atoms with van der Waals surface area (Å²) in [5.41, 5.74) is 8.55. The standard InChI is InChI=1S/C15H21N3S/c1-12(10-19-2)9-18-11-17-8-14(18)15(16)13-6-4-3-5-7-13/h3-8,11-12,15H,9-10,16H2,1-2H3. The third-order valence-corrected chi connectivity index (χ3v) is 4.08. The molecule has 0 aliphatic heterocycles. The minimum Gasteiger partial charge on any atom is -0.333 e. The van der Waals surface area contributed by atoms with Crippen molar-refractivity contribution in [3.8, 4) is 0 Å². The fourth-order valence-electron chi connectivity index (χ4n) is 2.25. The Morgan fingerprint density at radius 2 is 2.05 bits per heavy atom. The summed E-state index contributed by atoms with van der Waals surface area (Å²) in [6, 6.07) is 10.1. The fraction of sp³-hybridized carbons (Fsp3) is 0.400. The van der Waals surface area contributed by atoms with Crippen LogP contribution in [0, 0.1) is 5.92 Å². The third kappa shape index (κ3) is 3.61. The number of hydrogen-bond acceptors (Lipinski definition) is 3. The highest BCUT2D eigenvalue weighted by Crippen LogP contribution is 2.20. The van der Waals surface area contributed by atoms with Crippen LogP contribution in [0.1, 0.15) is 24.2 Å². The molecule has 0 spiro atoms. The Hall–Kier alpha value is -1.26. The molecular formula is C15H21N3S. The van der Waals surface area contributed by atoms with Crippen molar-refractivity contribution >= 4 is 11.8 Å². The Labute approximate surface area is 119 Å². The van der Waals surface area contributed by atoms with Gasteiger partial charge in [-0.3, -0.25) is 0 Å². The maximum atomic E-state index is 6.35. The summed E-state index contributed by atoms with van der Waals surface area (Å²) < 4.78 is 2.18. The van der Waals surface area contributed by atoms with E-state index >= 15 is 0 Å². The first kappa shape index (κ1) is 14.2. The Bertz CT molecular complexity index is 495. The summed E-state index contributed by atoms with van der Waals surface area (Å²) in [7, 11) is 0. The van der Waals surface area contributed by atoms with E-state index in [1.807, 2.05) is 42.5 Å². The molecule has 0 radical (unpaired) electrons. The molecule has 0 saturated carbocycles. The highest BCUT2D eigenvalue weighted by atomic mass is 32.2. The van der Waals surface area contributed by atoms with Gasteiger partial charge in [-0.2, -0.15) is 11.8 Å². The summed E-state index contributed by atoms with van der Waals surface area (Å²) in [4.78, 5) is 4.26. The van der Waals surface area contributed by atoms with E-state index in [-0.39, 0.29) is 6.04 Å². The molecule has 2 atom stereocenters. The van der Waals surface area contributed by atoms with Gasteiger partial charge in [-0.25, -0.2) is 4.98 Å². The van der Waals surface area contributed by atoms with E-state index in [2.05, 4.69) is 34.9 Å². The van der Waals surface area contributed by atoms with Crippen molar-refractivity contribution in [3.63, 3.8) is 0 Å². The molecule has 102 valence electrons. The topological polar surface area (TPSA) is 43.8 Å². The molecule has 2 N–H and O–H groups in total. The SMILES string of the molecule is CSCC(C)Cn1cncc1C(N)c1ccccc1. The van der Waals surface area contributed by atoms with E-state index < -0.39 is 0 Å². The summed E-state index contributed by atoms with van der Waals surface area (Å²) in [6.07, 6.45) is 5.90. The normalized spacial score (nSPS) is 14.3. The van der Waals surface area contributed by atoms with Gasteiger partial charge in [0.15, 0.2) is 0 Å². The van der Waals surface area contributed by atoms with Crippen molar-refractivity contribution in [2.75, 3.05) is 12.0 Å². The molecule has 1 aromatic heterocycles. The number of nitrogens with two attached hydrogens (primary N) is 1. The van der Waals surface area contributed by atoms with Gasteiger partial charge in [0.05, 0.1) is 24.3 Å². The molecular weight excluding hydrogens is 254 g/mol. The smallest absolute Gasteiger partial charge is 0.0948 e. The number of aromatic nitrogens is 2. The quantitative estimate of drug-likeness (QED) is 0.881. The molecule has 0 bridgehead atoms. The van der Waals surface area contributed by atoms with Gasteiger partial charge in [0.1, 0.15) is 0 Å². The first-order chi connectivity index (χ1) is 9.22. The summed E-state index contributed by atoms with van der Waals surface area (Å²) in [6.45, 7) is 3.23. The van der Waals surface area contributed by atoms with Crippen LogP contribution >= 0.6 is 11.8 Å². The molecule has 2 rings (SSSR count). The zero-order valence-corrected chi connectivity index (χ0v) is 12.3. The lowest BCUT2D eigenvalue weighted by atomic mass is 10.0. The number of hydrogen-bond donors (Lipinski definition) is 1.